The quantitative estimate of drug-likeness (QED) is 0.772. The zero-order valence-corrected chi connectivity index (χ0v) is 10.9. The summed E-state index contributed by atoms with van der Waals surface area (Å²) in [7, 11) is 0. The molecule has 0 aromatic carbocycles. The van der Waals surface area contributed by atoms with Gasteiger partial charge in [0.2, 0.25) is 5.91 Å². The number of aliphatic hydroxyl groups is 1. The van der Waals surface area contributed by atoms with Crippen LogP contribution in [0.3, 0.4) is 0 Å². The van der Waals surface area contributed by atoms with Crippen molar-refractivity contribution in [2.45, 2.75) is 44.3 Å². The van der Waals surface area contributed by atoms with Crippen LogP contribution in [0.15, 0.2) is 0 Å². The SMILES string of the molecule is O=C(CCC(F)(F)F)NCCN1CCCC[C@@H]1CO. The molecule has 0 aromatic heterocycles. The topological polar surface area (TPSA) is 52.6 Å². The lowest BCUT2D eigenvalue weighted by atomic mass is 10.0. The summed E-state index contributed by atoms with van der Waals surface area (Å²) in [5.41, 5.74) is 0. The zero-order valence-electron chi connectivity index (χ0n) is 10.9. The number of carbonyl (C=O) groups excluding carboxylic acids is 1. The fourth-order valence-corrected chi connectivity index (χ4v) is 2.24. The highest BCUT2D eigenvalue weighted by molar-refractivity contribution is 5.75. The highest BCUT2D eigenvalue weighted by atomic mass is 19.4. The van der Waals surface area contributed by atoms with E-state index in [1.807, 2.05) is 0 Å². The van der Waals surface area contributed by atoms with Crippen LogP contribution in [-0.2, 0) is 4.79 Å². The Hall–Kier alpha value is -0.820. The molecule has 4 nitrogen and oxygen atoms in total. The van der Waals surface area contributed by atoms with Crippen molar-refractivity contribution >= 4 is 5.91 Å². The van der Waals surface area contributed by atoms with Crippen LogP contribution < -0.4 is 5.32 Å². The molecule has 19 heavy (non-hydrogen) atoms. The van der Waals surface area contributed by atoms with Gasteiger partial charge in [-0.15, -0.1) is 0 Å². The van der Waals surface area contributed by atoms with Gasteiger partial charge in [0.1, 0.15) is 0 Å². The fourth-order valence-electron chi connectivity index (χ4n) is 2.24. The molecule has 0 aliphatic carbocycles. The third kappa shape index (κ3) is 6.77. The summed E-state index contributed by atoms with van der Waals surface area (Å²) in [4.78, 5) is 13.3. The van der Waals surface area contributed by atoms with Crippen molar-refractivity contribution in [3.8, 4) is 0 Å². The van der Waals surface area contributed by atoms with Crippen molar-refractivity contribution < 1.29 is 23.1 Å². The van der Waals surface area contributed by atoms with Crippen LogP contribution >= 0.6 is 0 Å². The molecule has 1 amide bonds. The van der Waals surface area contributed by atoms with Gasteiger partial charge in [-0.3, -0.25) is 9.69 Å². The molecule has 112 valence electrons. The summed E-state index contributed by atoms with van der Waals surface area (Å²) in [5.74, 6) is -0.574. The monoisotopic (exact) mass is 282 g/mol. The number of alkyl halides is 3. The van der Waals surface area contributed by atoms with E-state index in [-0.39, 0.29) is 12.6 Å². The number of halogens is 3. The Kier molecular flexibility index (Phi) is 6.57. The third-order valence-electron chi connectivity index (χ3n) is 3.32. The molecule has 0 spiro atoms. The number of carbonyl (C=O) groups is 1. The molecule has 1 fully saturated rings. The first-order chi connectivity index (χ1) is 8.92. The number of amides is 1. The van der Waals surface area contributed by atoms with Crippen LogP contribution in [0.2, 0.25) is 0 Å². The van der Waals surface area contributed by atoms with Crippen molar-refractivity contribution in [3.63, 3.8) is 0 Å². The van der Waals surface area contributed by atoms with Gasteiger partial charge in [-0.05, 0) is 19.4 Å². The Bertz CT molecular complexity index is 285. The molecule has 0 aromatic rings. The lowest BCUT2D eigenvalue weighted by molar-refractivity contribution is -0.144. The summed E-state index contributed by atoms with van der Waals surface area (Å²) in [6.07, 6.45) is -2.82. The Morgan fingerprint density at radius 1 is 1.37 bits per heavy atom. The molecule has 1 rings (SSSR count). The molecule has 1 aliphatic rings. The van der Waals surface area contributed by atoms with Crippen molar-refractivity contribution in [1.82, 2.24) is 10.2 Å². The first-order valence-electron chi connectivity index (χ1n) is 6.61. The molecule has 1 aliphatic heterocycles. The Balaban J connectivity index is 2.16. The Morgan fingerprint density at radius 3 is 2.74 bits per heavy atom. The molecule has 7 heteroatoms. The number of hydrogen-bond acceptors (Lipinski definition) is 3. The van der Waals surface area contributed by atoms with E-state index in [0.29, 0.717) is 13.1 Å². The van der Waals surface area contributed by atoms with Gasteiger partial charge in [-0.25, -0.2) is 0 Å². The predicted molar refractivity (Wildman–Crippen MR) is 64.6 cm³/mol. The first-order valence-corrected chi connectivity index (χ1v) is 6.61. The average molecular weight is 282 g/mol. The van der Waals surface area contributed by atoms with E-state index in [9.17, 15) is 23.1 Å². The molecule has 0 saturated carbocycles. The number of piperidine rings is 1. The van der Waals surface area contributed by atoms with Crippen molar-refractivity contribution in [2.75, 3.05) is 26.2 Å². The van der Waals surface area contributed by atoms with Crippen LogP contribution in [0.1, 0.15) is 32.1 Å². The van der Waals surface area contributed by atoms with E-state index in [1.54, 1.807) is 0 Å². The summed E-state index contributed by atoms with van der Waals surface area (Å²) >= 11 is 0. The number of nitrogens with one attached hydrogen (secondary N) is 1. The minimum Gasteiger partial charge on any atom is -0.395 e. The number of nitrogens with zero attached hydrogens (tertiary/aromatic N) is 1. The number of aliphatic hydroxyl groups excluding tert-OH is 1. The third-order valence-corrected chi connectivity index (χ3v) is 3.32. The second-order valence-corrected chi connectivity index (χ2v) is 4.83. The molecular formula is C12H21F3N2O2. The maximum Gasteiger partial charge on any atom is 0.389 e. The molecular weight excluding hydrogens is 261 g/mol. The van der Waals surface area contributed by atoms with Crippen LogP contribution in [0.4, 0.5) is 13.2 Å². The molecule has 0 bridgehead atoms. The molecule has 1 heterocycles. The van der Waals surface area contributed by atoms with E-state index >= 15 is 0 Å². The standard InChI is InChI=1S/C12H21F3N2O2/c13-12(14,15)5-4-11(19)16-6-8-17-7-2-1-3-10(17)9-18/h10,18H,1-9H2,(H,16,19)/t10-/m1/s1. The molecule has 0 radical (unpaired) electrons. The van der Waals surface area contributed by atoms with Crippen LogP contribution in [0, 0.1) is 0 Å². The van der Waals surface area contributed by atoms with E-state index in [2.05, 4.69) is 10.2 Å². The van der Waals surface area contributed by atoms with E-state index in [1.165, 1.54) is 0 Å². The van der Waals surface area contributed by atoms with Gasteiger partial charge in [0.25, 0.3) is 0 Å². The minimum absolute atomic E-state index is 0.0853. The molecule has 2 N–H and O–H groups in total. The lowest BCUT2D eigenvalue weighted by Crippen LogP contribution is -2.45. The van der Waals surface area contributed by atoms with Gasteiger partial charge in [0.05, 0.1) is 13.0 Å². The Morgan fingerprint density at radius 2 is 2.11 bits per heavy atom. The molecule has 0 unspecified atom stereocenters. The molecule has 1 atom stereocenters. The summed E-state index contributed by atoms with van der Waals surface area (Å²) in [5, 5.41) is 11.7. The van der Waals surface area contributed by atoms with Gasteiger partial charge in [0, 0.05) is 25.6 Å². The fraction of sp³-hybridized carbons (Fsp3) is 0.917. The second kappa shape index (κ2) is 7.69. The van der Waals surface area contributed by atoms with Crippen LogP contribution in [0.5, 0.6) is 0 Å². The lowest BCUT2D eigenvalue weighted by Gasteiger charge is -2.34. The maximum absolute atomic E-state index is 11.9. The molecule has 1 saturated heterocycles. The van der Waals surface area contributed by atoms with Crippen molar-refractivity contribution in [3.05, 3.63) is 0 Å². The number of rotatable bonds is 6. The Labute approximate surface area is 111 Å². The number of likely N-dealkylation sites (tertiary alicyclic amines) is 1. The van der Waals surface area contributed by atoms with Crippen molar-refractivity contribution in [1.29, 1.82) is 0 Å². The second-order valence-electron chi connectivity index (χ2n) is 4.83. The highest BCUT2D eigenvalue weighted by Crippen LogP contribution is 2.21. The average Bonchev–Trinajstić information content (AvgIpc) is 2.36. The minimum atomic E-state index is -4.29. The first kappa shape index (κ1) is 16.2. The van der Waals surface area contributed by atoms with Gasteiger partial charge < -0.3 is 10.4 Å². The van der Waals surface area contributed by atoms with Gasteiger partial charge >= 0.3 is 6.18 Å². The zero-order chi connectivity index (χ0) is 14.3. The summed E-state index contributed by atoms with van der Waals surface area (Å²) in [6, 6.07) is 0.112. The maximum atomic E-state index is 11.9. The van der Waals surface area contributed by atoms with Crippen LogP contribution in [0.25, 0.3) is 0 Å². The summed E-state index contributed by atoms with van der Waals surface area (Å²) < 4.78 is 35.7. The van der Waals surface area contributed by atoms with Gasteiger partial charge in [0.15, 0.2) is 0 Å². The number of hydrogen-bond donors (Lipinski definition) is 2. The van der Waals surface area contributed by atoms with Crippen molar-refractivity contribution in [2.24, 2.45) is 0 Å². The van der Waals surface area contributed by atoms with E-state index < -0.39 is 24.9 Å². The largest absolute Gasteiger partial charge is 0.395 e. The normalized spacial score (nSPS) is 21.4. The van der Waals surface area contributed by atoms with Gasteiger partial charge in [-0.1, -0.05) is 6.42 Å². The van der Waals surface area contributed by atoms with E-state index in [4.69, 9.17) is 0 Å². The highest BCUT2D eigenvalue weighted by Gasteiger charge is 2.28. The van der Waals surface area contributed by atoms with Gasteiger partial charge in [-0.2, -0.15) is 13.2 Å². The van der Waals surface area contributed by atoms with E-state index in [0.717, 1.165) is 25.8 Å². The summed E-state index contributed by atoms with van der Waals surface area (Å²) in [6.45, 7) is 1.85. The van der Waals surface area contributed by atoms with Crippen LogP contribution in [-0.4, -0.2) is 54.4 Å². The smallest absolute Gasteiger partial charge is 0.389 e. The predicted octanol–water partition coefficient (Wildman–Crippen LogP) is 1.29.